The molecular formula is C11H20N2. The second kappa shape index (κ2) is 3.33. The zero-order chi connectivity index (χ0) is 9.42. The molecule has 0 N–H and O–H groups in total. The third kappa shape index (κ3) is 1.48. The van der Waals surface area contributed by atoms with Gasteiger partial charge in [-0.25, -0.2) is 0 Å². The highest BCUT2D eigenvalue weighted by molar-refractivity contribution is 5.04. The molecule has 0 aliphatic carbocycles. The molecule has 2 atom stereocenters. The van der Waals surface area contributed by atoms with E-state index in [9.17, 15) is 0 Å². The minimum Gasteiger partial charge on any atom is -0.362 e. The van der Waals surface area contributed by atoms with Crippen molar-refractivity contribution in [3.8, 4) is 0 Å². The van der Waals surface area contributed by atoms with Crippen molar-refractivity contribution in [1.29, 1.82) is 0 Å². The minimum atomic E-state index is 0.736. The zero-order valence-electron chi connectivity index (χ0n) is 8.95. The van der Waals surface area contributed by atoms with E-state index in [1.807, 2.05) is 0 Å². The van der Waals surface area contributed by atoms with Crippen LogP contribution in [-0.4, -0.2) is 35.6 Å². The van der Waals surface area contributed by atoms with Gasteiger partial charge in [-0.05, 0) is 33.0 Å². The van der Waals surface area contributed by atoms with E-state index in [1.165, 1.54) is 31.6 Å². The van der Waals surface area contributed by atoms with Gasteiger partial charge in [0, 0.05) is 19.0 Å². The van der Waals surface area contributed by atoms with Crippen molar-refractivity contribution in [2.75, 3.05) is 19.6 Å². The van der Waals surface area contributed by atoms with Crippen LogP contribution in [0.2, 0.25) is 0 Å². The van der Waals surface area contributed by atoms with Crippen LogP contribution in [0, 0.1) is 5.92 Å². The highest BCUT2D eigenvalue weighted by atomic mass is 15.4. The fourth-order valence-corrected chi connectivity index (χ4v) is 2.62. The summed E-state index contributed by atoms with van der Waals surface area (Å²) in [5.41, 5.74) is 1.42. The van der Waals surface area contributed by atoms with Gasteiger partial charge in [0.25, 0.3) is 0 Å². The standard InChI is InChI=1S/C11H20N2/c1-4-12-8-10-5-6-13(11(10)12)7-9(2)3/h7,10-11H,4-6,8H2,1-3H3. The minimum absolute atomic E-state index is 0.736. The van der Waals surface area contributed by atoms with Crippen molar-refractivity contribution in [2.24, 2.45) is 5.92 Å². The maximum atomic E-state index is 2.57. The fraction of sp³-hybridized carbons (Fsp3) is 0.818. The van der Waals surface area contributed by atoms with E-state index in [0.717, 1.165) is 12.1 Å². The molecule has 13 heavy (non-hydrogen) atoms. The number of hydrogen-bond donors (Lipinski definition) is 0. The van der Waals surface area contributed by atoms with E-state index < -0.39 is 0 Å². The molecule has 2 aliphatic rings. The summed E-state index contributed by atoms with van der Waals surface area (Å²) in [5.74, 6) is 0.954. The average molecular weight is 180 g/mol. The van der Waals surface area contributed by atoms with Crippen LogP contribution in [0.5, 0.6) is 0 Å². The van der Waals surface area contributed by atoms with Gasteiger partial charge in [0.1, 0.15) is 0 Å². The molecule has 0 spiro atoms. The van der Waals surface area contributed by atoms with Crippen molar-refractivity contribution in [3.05, 3.63) is 11.8 Å². The molecule has 74 valence electrons. The van der Waals surface area contributed by atoms with Gasteiger partial charge in [0.05, 0.1) is 6.17 Å². The van der Waals surface area contributed by atoms with Crippen molar-refractivity contribution >= 4 is 0 Å². The van der Waals surface area contributed by atoms with Gasteiger partial charge in [-0.2, -0.15) is 0 Å². The maximum Gasteiger partial charge on any atom is 0.0856 e. The van der Waals surface area contributed by atoms with Crippen LogP contribution in [0.3, 0.4) is 0 Å². The van der Waals surface area contributed by atoms with E-state index >= 15 is 0 Å². The Morgan fingerprint density at radius 2 is 2.23 bits per heavy atom. The Hall–Kier alpha value is -0.500. The van der Waals surface area contributed by atoms with Crippen LogP contribution < -0.4 is 0 Å². The Morgan fingerprint density at radius 3 is 2.85 bits per heavy atom. The van der Waals surface area contributed by atoms with Gasteiger partial charge in [-0.15, -0.1) is 0 Å². The number of likely N-dealkylation sites (tertiary alicyclic amines) is 2. The van der Waals surface area contributed by atoms with Gasteiger partial charge in [-0.1, -0.05) is 12.5 Å². The Balaban J connectivity index is 2.02. The van der Waals surface area contributed by atoms with Crippen LogP contribution in [0.1, 0.15) is 27.2 Å². The maximum absolute atomic E-state index is 2.57. The fourth-order valence-electron chi connectivity index (χ4n) is 2.62. The van der Waals surface area contributed by atoms with Crippen molar-refractivity contribution in [3.63, 3.8) is 0 Å². The van der Waals surface area contributed by atoms with Gasteiger partial charge in [0.2, 0.25) is 0 Å². The van der Waals surface area contributed by atoms with E-state index in [-0.39, 0.29) is 0 Å². The molecule has 0 aromatic carbocycles. The second-order valence-electron chi connectivity index (χ2n) is 4.49. The summed E-state index contributed by atoms with van der Waals surface area (Å²) in [7, 11) is 0. The first-order valence-corrected chi connectivity index (χ1v) is 5.37. The molecule has 0 aromatic rings. The van der Waals surface area contributed by atoms with Gasteiger partial charge >= 0.3 is 0 Å². The highest BCUT2D eigenvalue weighted by Crippen LogP contribution is 2.36. The molecular weight excluding hydrogens is 160 g/mol. The first-order chi connectivity index (χ1) is 6.22. The summed E-state index contributed by atoms with van der Waals surface area (Å²) in [4.78, 5) is 5.09. The lowest BCUT2D eigenvalue weighted by Crippen LogP contribution is -2.58. The number of allylic oxidation sites excluding steroid dienone is 1. The van der Waals surface area contributed by atoms with Crippen molar-refractivity contribution in [2.45, 2.75) is 33.4 Å². The van der Waals surface area contributed by atoms with Crippen LogP contribution in [0.15, 0.2) is 11.8 Å². The van der Waals surface area contributed by atoms with Crippen LogP contribution in [-0.2, 0) is 0 Å². The first-order valence-electron chi connectivity index (χ1n) is 5.37. The first kappa shape index (κ1) is 9.07. The molecule has 2 rings (SSSR count). The molecule has 0 saturated carbocycles. The molecule has 2 nitrogen and oxygen atoms in total. The molecule has 0 amide bonds. The summed E-state index contributed by atoms with van der Waals surface area (Å²) in [5, 5.41) is 0. The predicted octanol–water partition coefficient (Wildman–Crippen LogP) is 1.89. The quantitative estimate of drug-likeness (QED) is 0.640. The van der Waals surface area contributed by atoms with Crippen LogP contribution >= 0.6 is 0 Å². The molecule has 2 saturated heterocycles. The normalized spacial score (nSPS) is 32.7. The molecule has 0 bridgehead atoms. The molecule has 2 aliphatic heterocycles. The molecule has 2 heterocycles. The average Bonchev–Trinajstić information content (AvgIpc) is 2.27. The lowest BCUT2D eigenvalue weighted by Gasteiger charge is -2.47. The van der Waals surface area contributed by atoms with Crippen molar-refractivity contribution in [1.82, 2.24) is 9.80 Å². The third-order valence-corrected chi connectivity index (χ3v) is 3.19. The van der Waals surface area contributed by atoms with Gasteiger partial charge < -0.3 is 4.90 Å². The topological polar surface area (TPSA) is 6.48 Å². The van der Waals surface area contributed by atoms with E-state index in [1.54, 1.807) is 0 Å². The Bertz CT molecular complexity index is 218. The largest absolute Gasteiger partial charge is 0.362 e. The zero-order valence-corrected chi connectivity index (χ0v) is 8.95. The summed E-state index contributed by atoms with van der Waals surface area (Å²) >= 11 is 0. The summed E-state index contributed by atoms with van der Waals surface area (Å²) in [6.07, 6.45) is 4.46. The molecule has 2 unspecified atom stereocenters. The Kier molecular flexibility index (Phi) is 2.33. The smallest absolute Gasteiger partial charge is 0.0856 e. The monoisotopic (exact) mass is 180 g/mol. The van der Waals surface area contributed by atoms with Crippen LogP contribution in [0.25, 0.3) is 0 Å². The molecule has 0 aromatic heterocycles. The summed E-state index contributed by atoms with van der Waals surface area (Å²) in [6.45, 7) is 10.4. The van der Waals surface area contributed by atoms with Crippen LogP contribution in [0.4, 0.5) is 0 Å². The molecule has 0 radical (unpaired) electrons. The van der Waals surface area contributed by atoms with Gasteiger partial charge in [0.15, 0.2) is 0 Å². The number of fused-ring (bicyclic) bond motifs is 1. The Morgan fingerprint density at radius 1 is 1.46 bits per heavy atom. The summed E-state index contributed by atoms with van der Waals surface area (Å²) in [6, 6.07) is 0. The van der Waals surface area contributed by atoms with Gasteiger partial charge in [-0.3, -0.25) is 4.90 Å². The number of hydrogen-bond acceptors (Lipinski definition) is 2. The lowest BCUT2D eigenvalue weighted by atomic mass is 9.96. The lowest BCUT2D eigenvalue weighted by molar-refractivity contribution is -0.0198. The number of nitrogens with zero attached hydrogens (tertiary/aromatic N) is 2. The molecule has 2 fully saturated rings. The predicted molar refractivity (Wildman–Crippen MR) is 55.3 cm³/mol. The van der Waals surface area contributed by atoms with E-state index in [2.05, 4.69) is 36.8 Å². The SMILES string of the molecule is CCN1CC2CCN(C=C(C)C)C21. The second-order valence-corrected chi connectivity index (χ2v) is 4.49. The number of rotatable bonds is 2. The highest BCUT2D eigenvalue weighted by Gasteiger charge is 2.44. The van der Waals surface area contributed by atoms with E-state index in [4.69, 9.17) is 0 Å². The summed E-state index contributed by atoms with van der Waals surface area (Å²) < 4.78 is 0. The third-order valence-electron chi connectivity index (χ3n) is 3.19. The molecule has 2 heteroatoms. The van der Waals surface area contributed by atoms with Crippen molar-refractivity contribution < 1.29 is 0 Å². The Labute approximate surface area is 81.2 Å². The van der Waals surface area contributed by atoms with E-state index in [0.29, 0.717) is 0 Å².